The number of hydrogen-bond donors (Lipinski definition) is 1. The molecule has 4 heteroatoms. The maximum atomic E-state index is 11.5. The normalized spacial score (nSPS) is 41.2. The van der Waals surface area contributed by atoms with Gasteiger partial charge in [0.25, 0.3) is 0 Å². The third kappa shape index (κ3) is 2.20. The molecule has 3 aliphatic rings. The standard InChI is InChI=1S/C13H21NO3/c15-12(16)13(8-10-7-11(10)9-13)1-2-14-3-5-17-6-4-14/h10-11H,1-9H2,(H,15,16). The van der Waals surface area contributed by atoms with Crippen molar-refractivity contribution in [2.45, 2.75) is 25.7 Å². The molecule has 2 atom stereocenters. The fourth-order valence-electron chi connectivity index (χ4n) is 3.58. The molecule has 3 fully saturated rings. The monoisotopic (exact) mass is 239 g/mol. The van der Waals surface area contributed by atoms with Crippen molar-refractivity contribution in [2.75, 3.05) is 32.8 Å². The first kappa shape index (κ1) is 11.5. The van der Waals surface area contributed by atoms with E-state index in [-0.39, 0.29) is 0 Å². The number of carboxylic acids is 1. The molecule has 17 heavy (non-hydrogen) atoms. The van der Waals surface area contributed by atoms with Gasteiger partial charge >= 0.3 is 5.97 Å². The van der Waals surface area contributed by atoms with Crippen LogP contribution >= 0.6 is 0 Å². The van der Waals surface area contributed by atoms with Gasteiger partial charge in [0.1, 0.15) is 0 Å². The topological polar surface area (TPSA) is 49.8 Å². The lowest BCUT2D eigenvalue weighted by atomic mass is 9.79. The van der Waals surface area contributed by atoms with Crippen molar-refractivity contribution in [2.24, 2.45) is 17.3 Å². The van der Waals surface area contributed by atoms with Crippen molar-refractivity contribution in [3.63, 3.8) is 0 Å². The highest BCUT2D eigenvalue weighted by atomic mass is 16.5. The van der Waals surface area contributed by atoms with Crippen LogP contribution < -0.4 is 0 Å². The fraction of sp³-hybridized carbons (Fsp3) is 0.923. The van der Waals surface area contributed by atoms with Gasteiger partial charge in [-0.1, -0.05) is 0 Å². The molecule has 4 nitrogen and oxygen atoms in total. The third-order valence-corrected chi connectivity index (χ3v) is 4.84. The summed E-state index contributed by atoms with van der Waals surface area (Å²) in [7, 11) is 0. The molecule has 2 aliphatic carbocycles. The Kier molecular flexibility index (Phi) is 2.87. The van der Waals surface area contributed by atoms with Gasteiger partial charge < -0.3 is 9.84 Å². The Morgan fingerprint density at radius 1 is 1.29 bits per heavy atom. The zero-order valence-corrected chi connectivity index (χ0v) is 10.2. The summed E-state index contributed by atoms with van der Waals surface area (Å²) >= 11 is 0. The van der Waals surface area contributed by atoms with Crippen LogP contribution in [0.2, 0.25) is 0 Å². The van der Waals surface area contributed by atoms with Crippen LogP contribution in [-0.2, 0) is 9.53 Å². The quantitative estimate of drug-likeness (QED) is 0.801. The van der Waals surface area contributed by atoms with Crippen molar-refractivity contribution in [3.8, 4) is 0 Å². The highest BCUT2D eigenvalue weighted by Gasteiger charge is 2.57. The molecule has 0 amide bonds. The molecule has 1 aliphatic heterocycles. The van der Waals surface area contributed by atoms with E-state index in [2.05, 4.69) is 4.90 Å². The Morgan fingerprint density at radius 3 is 2.53 bits per heavy atom. The zero-order chi connectivity index (χ0) is 11.9. The fourth-order valence-corrected chi connectivity index (χ4v) is 3.58. The highest BCUT2D eigenvalue weighted by Crippen LogP contribution is 2.61. The summed E-state index contributed by atoms with van der Waals surface area (Å²) in [6, 6.07) is 0. The molecular weight excluding hydrogens is 218 g/mol. The molecule has 1 N–H and O–H groups in total. The molecule has 1 heterocycles. The summed E-state index contributed by atoms with van der Waals surface area (Å²) in [6.07, 6.45) is 3.97. The van der Waals surface area contributed by atoms with E-state index >= 15 is 0 Å². The molecule has 0 aromatic carbocycles. The van der Waals surface area contributed by atoms with E-state index in [1.54, 1.807) is 0 Å². The van der Waals surface area contributed by atoms with Gasteiger partial charge in [-0.3, -0.25) is 9.69 Å². The first-order valence-electron chi connectivity index (χ1n) is 6.73. The lowest BCUT2D eigenvalue weighted by molar-refractivity contribution is -0.150. The molecule has 0 aromatic rings. The second kappa shape index (κ2) is 4.25. The first-order chi connectivity index (χ1) is 8.20. The molecular formula is C13H21NO3. The van der Waals surface area contributed by atoms with Crippen LogP contribution in [0.3, 0.4) is 0 Å². The van der Waals surface area contributed by atoms with E-state index in [0.29, 0.717) is 0 Å². The van der Waals surface area contributed by atoms with Crippen LogP contribution in [0.5, 0.6) is 0 Å². The predicted octanol–water partition coefficient (Wildman–Crippen LogP) is 1.21. The van der Waals surface area contributed by atoms with Crippen LogP contribution in [0.15, 0.2) is 0 Å². The number of morpholine rings is 1. The lowest BCUT2D eigenvalue weighted by Crippen LogP contribution is -2.40. The molecule has 0 aromatic heterocycles. The minimum absolute atomic E-state index is 0.397. The number of carbonyl (C=O) groups is 1. The van der Waals surface area contributed by atoms with Gasteiger partial charge in [-0.25, -0.2) is 0 Å². The molecule has 2 unspecified atom stereocenters. The van der Waals surface area contributed by atoms with E-state index in [4.69, 9.17) is 4.74 Å². The first-order valence-corrected chi connectivity index (χ1v) is 6.73. The lowest BCUT2D eigenvalue weighted by Gasteiger charge is -2.32. The van der Waals surface area contributed by atoms with Crippen LogP contribution in [0.25, 0.3) is 0 Å². The zero-order valence-electron chi connectivity index (χ0n) is 10.2. The molecule has 0 bridgehead atoms. The smallest absolute Gasteiger partial charge is 0.309 e. The van der Waals surface area contributed by atoms with Gasteiger partial charge in [0.15, 0.2) is 0 Å². The number of nitrogens with zero attached hydrogens (tertiary/aromatic N) is 1. The largest absolute Gasteiger partial charge is 0.481 e. The van der Waals surface area contributed by atoms with Crippen LogP contribution in [-0.4, -0.2) is 48.8 Å². The minimum atomic E-state index is -0.557. The molecule has 3 rings (SSSR count). The predicted molar refractivity (Wildman–Crippen MR) is 62.8 cm³/mol. The van der Waals surface area contributed by atoms with E-state index in [0.717, 1.165) is 63.9 Å². The molecule has 0 spiro atoms. The minimum Gasteiger partial charge on any atom is -0.481 e. The average Bonchev–Trinajstić information content (AvgIpc) is 2.96. The number of hydrogen-bond acceptors (Lipinski definition) is 3. The number of aliphatic carboxylic acids is 1. The summed E-state index contributed by atoms with van der Waals surface area (Å²) in [5.74, 6) is 0.907. The average molecular weight is 239 g/mol. The summed E-state index contributed by atoms with van der Waals surface area (Å²) in [4.78, 5) is 13.9. The third-order valence-electron chi connectivity index (χ3n) is 4.84. The Morgan fingerprint density at radius 2 is 1.94 bits per heavy atom. The van der Waals surface area contributed by atoms with Crippen molar-refractivity contribution in [1.82, 2.24) is 4.90 Å². The number of ether oxygens (including phenoxy) is 1. The Balaban J connectivity index is 1.56. The van der Waals surface area contributed by atoms with Crippen molar-refractivity contribution in [1.29, 1.82) is 0 Å². The summed E-state index contributed by atoms with van der Waals surface area (Å²) in [6.45, 7) is 4.44. The van der Waals surface area contributed by atoms with Crippen molar-refractivity contribution in [3.05, 3.63) is 0 Å². The summed E-state index contributed by atoms with van der Waals surface area (Å²) in [5, 5.41) is 9.49. The van der Waals surface area contributed by atoms with Crippen LogP contribution in [0.4, 0.5) is 0 Å². The van der Waals surface area contributed by atoms with Gasteiger partial charge in [0.2, 0.25) is 0 Å². The van der Waals surface area contributed by atoms with E-state index in [1.165, 1.54) is 6.42 Å². The Bertz CT molecular complexity index is 302. The molecule has 0 radical (unpaired) electrons. The van der Waals surface area contributed by atoms with Crippen LogP contribution in [0.1, 0.15) is 25.7 Å². The van der Waals surface area contributed by atoms with E-state index in [1.807, 2.05) is 0 Å². The summed E-state index contributed by atoms with van der Waals surface area (Å²) in [5.41, 5.74) is -0.397. The second-order valence-electron chi connectivity index (χ2n) is 5.95. The van der Waals surface area contributed by atoms with Gasteiger partial charge in [0.05, 0.1) is 18.6 Å². The van der Waals surface area contributed by atoms with E-state index < -0.39 is 11.4 Å². The van der Waals surface area contributed by atoms with Crippen LogP contribution in [0, 0.1) is 17.3 Å². The number of rotatable bonds is 4. The van der Waals surface area contributed by atoms with Crippen molar-refractivity contribution < 1.29 is 14.6 Å². The highest BCUT2D eigenvalue weighted by molar-refractivity contribution is 5.75. The Labute approximate surface area is 102 Å². The molecule has 1 saturated heterocycles. The number of fused-ring (bicyclic) bond motifs is 1. The number of carboxylic acid groups (broad SMARTS) is 1. The maximum absolute atomic E-state index is 11.5. The maximum Gasteiger partial charge on any atom is 0.309 e. The second-order valence-corrected chi connectivity index (χ2v) is 5.95. The van der Waals surface area contributed by atoms with Gasteiger partial charge in [-0.15, -0.1) is 0 Å². The molecule has 2 saturated carbocycles. The van der Waals surface area contributed by atoms with Crippen molar-refractivity contribution >= 4 is 5.97 Å². The summed E-state index contributed by atoms with van der Waals surface area (Å²) < 4.78 is 5.31. The van der Waals surface area contributed by atoms with Gasteiger partial charge in [-0.2, -0.15) is 0 Å². The van der Waals surface area contributed by atoms with Gasteiger partial charge in [-0.05, 0) is 44.1 Å². The SMILES string of the molecule is O=C(O)C1(CCN2CCOCC2)CC2CC2C1. The molecule has 96 valence electrons. The van der Waals surface area contributed by atoms with Gasteiger partial charge in [0, 0.05) is 13.1 Å². The van der Waals surface area contributed by atoms with E-state index in [9.17, 15) is 9.90 Å². The Hall–Kier alpha value is -0.610.